The lowest BCUT2D eigenvalue weighted by atomic mass is 9.96. The SMILES string of the molecule is O=C(c1ccc2c(c1)OCO2)N1CCC[C@@H](c2n[nH]c(C3CC3)n2)C1. The van der Waals surface area contributed by atoms with Crippen LogP contribution in [0.3, 0.4) is 0 Å². The van der Waals surface area contributed by atoms with Crippen molar-refractivity contribution >= 4 is 5.91 Å². The monoisotopic (exact) mass is 340 g/mol. The first-order valence-electron chi connectivity index (χ1n) is 8.89. The number of nitrogens with one attached hydrogen (secondary N) is 1. The zero-order chi connectivity index (χ0) is 16.8. The van der Waals surface area contributed by atoms with Crippen molar-refractivity contribution in [2.24, 2.45) is 0 Å². The number of likely N-dealkylation sites (tertiary alicyclic amines) is 1. The average molecular weight is 340 g/mol. The minimum atomic E-state index is 0.0287. The van der Waals surface area contributed by atoms with Crippen LogP contribution in [0.4, 0.5) is 0 Å². The van der Waals surface area contributed by atoms with Gasteiger partial charge in [-0.2, -0.15) is 5.10 Å². The number of aromatic nitrogens is 3. The zero-order valence-electron chi connectivity index (χ0n) is 13.9. The number of ether oxygens (including phenoxy) is 2. The summed E-state index contributed by atoms with van der Waals surface area (Å²) < 4.78 is 10.7. The number of rotatable bonds is 3. The van der Waals surface area contributed by atoms with Crippen molar-refractivity contribution < 1.29 is 14.3 Å². The van der Waals surface area contributed by atoms with Gasteiger partial charge in [0, 0.05) is 30.5 Å². The third-order valence-corrected chi connectivity index (χ3v) is 5.18. The highest BCUT2D eigenvalue weighted by molar-refractivity contribution is 5.95. The van der Waals surface area contributed by atoms with E-state index in [0.29, 0.717) is 29.5 Å². The molecule has 0 unspecified atom stereocenters. The van der Waals surface area contributed by atoms with E-state index in [1.54, 1.807) is 18.2 Å². The van der Waals surface area contributed by atoms with E-state index in [-0.39, 0.29) is 18.6 Å². The maximum absolute atomic E-state index is 12.9. The minimum absolute atomic E-state index is 0.0287. The van der Waals surface area contributed by atoms with Gasteiger partial charge >= 0.3 is 0 Å². The number of piperidine rings is 1. The van der Waals surface area contributed by atoms with E-state index in [1.165, 1.54) is 12.8 Å². The van der Waals surface area contributed by atoms with Gasteiger partial charge in [-0.25, -0.2) is 4.98 Å². The molecule has 7 heteroatoms. The lowest BCUT2D eigenvalue weighted by Crippen LogP contribution is -2.39. The largest absolute Gasteiger partial charge is 0.454 e. The molecule has 2 aliphatic heterocycles. The fourth-order valence-electron chi connectivity index (χ4n) is 3.59. The van der Waals surface area contributed by atoms with Crippen LogP contribution in [-0.2, 0) is 0 Å². The van der Waals surface area contributed by atoms with Crippen LogP contribution in [-0.4, -0.2) is 45.9 Å². The summed E-state index contributed by atoms with van der Waals surface area (Å²) in [4.78, 5) is 19.5. The van der Waals surface area contributed by atoms with E-state index in [2.05, 4.69) is 15.2 Å². The highest BCUT2D eigenvalue weighted by Crippen LogP contribution is 2.38. The van der Waals surface area contributed by atoms with Crippen LogP contribution < -0.4 is 9.47 Å². The second-order valence-corrected chi connectivity index (χ2v) is 7.01. The maximum atomic E-state index is 12.9. The quantitative estimate of drug-likeness (QED) is 0.928. The molecule has 1 aliphatic carbocycles. The molecule has 1 saturated carbocycles. The summed E-state index contributed by atoms with van der Waals surface area (Å²) >= 11 is 0. The molecule has 1 aromatic carbocycles. The lowest BCUT2D eigenvalue weighted by molar-refractivity contribution is 0.0704. The number of hydrogen-bond donors (Lipinski definition) is 1. The van der Waals surface area contributed by atoms with Gasteiger partial charge in [0.2, 0.25) is 6.79 Å². The molecule has 1 aromatic heterocycles. The van der Waals surface area contributed by atoms with Gasteiger partial charge in [-0.15, -0.1) is 0 Å². The number of H-pyrrole nitrogens is 1. The van der Waals surface area contributed by atoms with Gasteiger partial charge in [-0.05, 0) is 43.9 Å². The van der Waals surface area contributed by atoms with Crippen molar-refractivity contribution in [1.29, 1.82) is 0 Å². The molecule has 5 rings (SSSR count). The van der Waals surface area contributed by atoms with E-state index in [0.717, 1.165) is 31.0 Å². The number of carbonyl (C=O) groups is 1. The average Bonchev–Trinajstić information content (AvgIpc) is 3.20. The second kappa shape index (κ2) is 5.75. The van der Waals surface area contributed by atoms with E-state index >= 15 is 0 Å². The molecule has 3 aliphatic rings. The van der Waals surface area contributed by atoms with Gasteiger partial charge in [0.05, 0.1) is 0 Å². The second-order valence-electron chi connectivity index (χ2n) is 7.01. The summed E-state index contributed by atoms with van der Waals surface area (Å²) in [5.74, 6) is 4.00. The van der Waals surface area contributed by atoms with Crippen molar-refractivity contribution in [2.45, 2.75) is 37.5 Å². The van der Waals surface area contributed by atoms with Gasteiger partial charge in [0.25, 0.3) is 5.91 Å². The third kappa shape index (κ3) is 2.73. The van der Waals surface area contributed by atoms with Gasteiger partial charge in [0.15, 0.2) is 17.3 Å². The fraction of sp³-hybridized carbons (Fsp3) is 0.500. The Morgan fingerprint density at radius 1 is 1.16 bits per heavy atom. The predicted octanol–water partition coefficient (Wildman–Crippen LogP) is 2.43. The molecule has 2 fully saturated rings. The highest BCUT2D eigenvalue weighted by Gasteiger charge is 2.31. The van der Waals surface area contributed by atoms with Crippen molar-refractivity contribution in [2.75, 3.05) is 19.9 Å². The van der Waals surface area contributed by atoms with Crippen molar-refractivity contribution in [1.82, 2.24) is 20.1 Å². The van der Waals surface area contributed by atoms with Crippen LogP contribution in [0.25, 0.3) is 0 Å². The van der Waals surface area contributed by atoms with Crippen LogP contribution in [0.1, 0.15) is 59.5 Å². The van der Waals surface area contributed by atoms with Gasteiger partial charge in [-0.3, -0.25) is 9.89 Å². The van der Waals surface area contributed by atoms with Crippen LogP contribution in [0.5, 0.6) is 11.5 Å². The number of hydrogen-bond acceptors (Lipinski definition) is 5. The Balaban J connectivity index is 1.32. The van der Waals surface area contributed by atoms with Crippen molar-refractivity contribution in [3.05, 3.63) is 35.4 Å². The Bertz CT molecular complexity index is 814. The molecular formula is C18H20N4O3. The highest BCUT2D eigenvalue weighted by atomic mass is 16.7. The molecule has 0 spiro atoms. The molecule has 3 heterocycles. The number of aromatic amines is 1. The molecule has 2 aromatic rings. The van der Waals surface area contributed by atoms with Crippen LogP contribution in [0, 0.1) is 0 Å². The zero-order valence-corrected chi connectivity index (χ0v) is 13.9. The number of benzene rings is 1. The van der Waals surface area contributed by atoms with Crippen molar-refractivity contribution in [3.63, 3.8) is 0 Å². The van der Waals surface area contributed by atoms with E-state index < -0.39 is 0 Å². The molecule has 1 atom stereocenters. The van der Waals surface area contributed by atoms with Gasteiger partial charge < -0.3 is 14.4 Å². The van der Waals surface area contributed by atoms with E-state index in [4.69, 9.17) is 9.47 Å². The number of amides is 1. The Labute approximate surface area is 145 Å². The molecule has 1 N–H and O–H groups in total. The van der Waals surface area contributed by atoms with E-state index in [1.807, 2.05) is 4.90 Å². The van der Waals surface area contributed by atoms with Gasteiger partial charge in [0.1, 0.15) is 5.82 Å². The summed E-state index contributed by atoms with van der Waals surface area (Å²) in [6, 6.07) is 5.37. The van der Waals surface area contributed by atoms with Crippen molar-refractivity contribution in [3.8, 4) is 11.5 Å². The number of fused-ring (bicyclic) bond motifs is 1. The maximum Gasteiger partial charge on any atom is 0.254 e. The lowest BCUT2D eigenvalue weighted by Gasteiger charge is -2.31. The summed E-state index contributed by atoms with van der Waals surface area (Å²) in [5.41, 5.74) is 0.638. The van der Waals surface area contributed by atoms with E-state index in [9.17, 15) is 4.79 Å². The number of nitrogens with zero attached hydrogens (tertiary/aromatic N) is 3. The normalized spacial score (nSPS) is 22.2. The molecule has 0 radical (unpaired) electrons. The smallest absolute Gasteiger partial charge is 0.254 e. The Kier molecular flexibility index (Phi) is 3.39. The standard InChI is InChI=1S/C18H20N4O3/c23-18(12-5-6-14-15(8-12)25-10-24-14)22-7-1-2-13(9-22)17-19-16(20-21-17)11-3-4-11/h5-6,8,11,13H,1-4,7,9-10H2,(H,19,20,21)/t13-/m1/s1. The van der Waals surface area contributed by atoms with Gasteiger partial charge in [-0.1, -0.05) is 0 Å². The molecule has 7 nitrogen and oxygen atoms in total. The first-order valence-corrected chi connectivity index (χ1v) is 8.89. The number of carbonyl (C=O) groups excluding carboxylic acids is 1. The predicted molar refractivity (Wildman–Crippen MR) is 88.8 cm³/mol. The first kappa shape index (κ1) is 14.7. The molecule has 1 amide bonds. The Morgan fingerprint density at radius 3 is 2.92 bits per heavy atom. The minimum Gasteiger partial charge on any atom is -0.454 e. The molecule has 0 bridgehead atoms. The first-order chi connectivity index (χ1) is 12.3. The Morgan fingerprint density at radius 2 is 2.04 bits per heavy atom. The fourth-order valence-corrected chi connectivity index (χ4v) is 3.59. The molecule has 1 saturated heterocycles. The summed E-state index contributed by atoms with van der Waals surface area (Å²) in [6.07, 6.45) is 4.39. The van der Waals surface area contributed by atoms with Crippen LogP contribution in [0.2, 0.25) is 0 Å². The molecule has 130 valence electrons. The van der Waals surface area contributed by atoms with Crippen LogP contribution in [0.15, 0.2) is 18.2 Å². The summed E-state index contributed by atoms with van der Waals surface area (Å²) in [6.45, 7) is 1.64. The Hall–Kier alpha value is -2.57. The molecular weight excluding hydrogens is 320 g/mol. The summed E-state index contributed by atoms with van der Waals surface area (Å²) in [5, 5.41) is 7.48. The summed E-state index contributed by atoms with van der Waals surface area (Å²) in [7, 11) is 0. The molecule has 25 heavy (non-hydrogen) atoms. The topological polar surface area (TPSA) is 80.3 Å². The third-order valence-electron chi connectivity index (χ3n) is 5.18. The van der Waals surface area contributed by atoms with Crippen LogP contribution >= 0.6 is 0 Å².